The van der Waals surface area contributed by atoms with Crippen molar-refractivity contribution in [2.45, 2.75) is 20.8 Å². The first-order chi connectivity index (χ1) is 7.89. The van der Waals surface area contributed by atoms with E-state index in [2.05, 4.69) is 21.2 Å². The van der Waals surface area contributed by atoms with Gasteiger partial charge in [0.25, 0.3) is 0 Å². The fraction of sp³-hybridized carbons (Fsp3) is 0.364. The van der Waals surface area contributed by atoms with Crippen LogP contribution in [0, 0.1) is 5.41 Å². The molecule has 6 nitrogen and oxygen atoms in total. The zero-order valence-electron chi connectivity index (χ0n) is 10.1. The number of aromatic nitrogens is 1. The van der Waals surface area contributed by atoms with Crippen molar-refractivity contribution >= 4 is 17.6 Å². The highest BCUT2D eigenvalue weighted by molar-refractivity contribution is 5.91. The minimum Gasteiger partial charge on any atom is -0.305 e. The molecule has 0 aliphatic carbocycles. The van der Waals surface area contributed by atoms with Crippen molar-refractivity contribution in [3.63, 3.8) is 0 Å². The summed E-state index contributed by atoms with van der Waals surface area (Å²) >= 11 is 0. The molecule has 1 aromatic heterocycles. The molecule has 1 heterocycles. The van der Waals surface area contributed by atoms with Gasteiger partial charge in [-0.25, -0.2) is 10.2 Å². The van der Waals surface area contributed by atoms with Gasteiger partial charge in [0.05, 0.1) is 11.9 Å². The smallest absolute Gasteiger partial charge is 0.305 e. The van der Waals surface area contributed by atoms with Crippen LogP contribution in [0.25, 0.3) is 0 Å². The van der Waals surface area contributed by atoms with E-state index in [1.807, 2.05) is 0 Å². The Labute approximate surface area is 99.8 Å². The maximum absolute atomic E-state index is 11.5. The number of nitrogens with zero attached hydrogens (tertiary/aromatic N) is 1. The van der Waals surface area contributed by atoms with Crippen LogP contribution in [-0.4, -0.2) is 16.9 Å². The molecule has 0 bridgehead atoms. The third-order valence-corrected chi connectivity index (χ3v) is 1.89. The van der Waals surface area contributed by atoms with E-state index >= 15 is 0 Å². The van der Waals surface area contributed by atoms with Crippen LogP contribution in [-0.2, 0) is 4.79 Å². The van der Waals surface area contributed by atoms with E-state index in [9.17, 15) is 9.59 Å². The maximum atomic E-state index is 11.5. The first kappa shape index (κ1) is 13.0. The summed E-state index contributed by atoms with van der Waals surface area (Å²) in [5.74, 6) is -0.265. The first-order valence-corrected chi connectivity index (χ1v) is 5.17. The molecule has 3 amide bonds. The number of anilines is 1. The quantitative estimate of drug-likeness (QED) is 0.642. The van der Waals surface area contributed by atoms with Crippen LogP contribution in [0.15, 0.2) is 24.5 Å². The van der Waals surface area contributed by atoms with Gasteiger partial charge in [0.2, 0.25) is 5.91 Å². The number of hydrogen-bond acceptors (Lipinski definition) is 3. The Morgan fingerprint density at radius 2 is 1.94 bits per heavy atom. The third-order valence-electron chi connectivity index (χ3n) is 1.89. The van der Waals surface area contributed by atoms with Crippen molar-refractivity contribution in [2.24, 2.45) is 5.41 Å². The average molecular weight is 236 g/mol. The third kappa shape index (κ3) is 4.50. The molecule has 0 saturated heterocycles. The molecule has 0 aromatic carbocycles. The predicted octanol–water partition coefficient (Wildman–Crippen LogP) is 1.28. The summed E-state index contributed by atoms with van der Waals surface area (Å²) in [5, 5.41) is 2.52. The lowest BCUT2D eigenvalue weighted by molar-refractivity contribution is -0.129. The van der Waals surface area contributed by atoms with Gasteiger partial charge in [-0.05, 0) is 12.1 Å². The summed E-state index contributed by atoms with van der Waals surface area (Å²) in [7, 11) is 0. The molecular formula is C11H16N4O2. The Morgan fingerprint density at radius 1 is 1.24 bits per heavy atom. The van der Waals surface area contributed by atoms with Gasteiger partial charge in [-0.15, -0.1) is 0 Å². The van der Waals surface area contributed by atoms with E-state index in [0.717, 1.165) is 0 Å². The number of amides is 3. The molecule has 17 heavy (non-hydrogen) atoms. The van der Waals surface area contributed by atoms with Gasteiger partial charge in [-0.2, -0.15) is 0 Å². The van der Waals surface area contributed by atoms with Gasteiger partial charge in [0.15, 0.2) is 0 Å². The summed E-state index contributed by atoms with van der Waals surface area (Å²) in [5.41, 5.74) is 4.58. The SMILES string of the molecule is CC(C)(C)C(=O)NNC(=O)Nc1cccnc1. The summed E-state index contributed by atoms with van der Waals surface area (Å²) in [6.45, 7) is 5.26. The van der Waals surface area contributed by atoms with E-state index < -0.39 is 11.4 Å². The Bertz CT molecular complexity index is 398. The van der Waals surface area contributed by atoms with Gasteiger partial charge in [-0.3, -0.25) is 15.2 Å². The molecule has 92 valence electrons. The van der Waals surface area contributed by atoms with Gasteiger partial charge in [0.1, 0.15) is 0 Å². The highest BCUT2D eigenvalue weighted by Gasteiger charge is 2.21. The van der Waals surface area contributed by atoms with Gasteiger partial charge < -0.3 is 5.32 Å². The standard InChI is InChI=1S/C11H16N4O2/c1-11(2,3)9(16)14-15-10(17)13-8-5-4-6-12-7-8/h4-7H,1-3H3,(H,14,16)(H2,13,15,17). The molecule has 0 aliphatic rings. The van der Waals surface area contributed by atoms with E-state index in [0.29, 0.717) is 5.69 Å². The van der Waals surface area contributed by atoms with Gasteiger partial charge >= 0.3 is 6.03 Å². The van der Waals surface area contributed by atoms with Crippen LogP contribution in [0.3, 0.4) is 0 Å². The second-order valence-corrected chi connectivity index (χ2v) is 4.52. The minimum atomic E-state index is -0.554. The average Bonchev–Trinajstić information content (AvgIpc) is 2.26. The number of urea groups is 1. The highest BCUT2D eigenvalue weighted by atomic mass is 16.2. The van der Waals surface area contributed by atoms with Gasteiger partial charge in [0, 0.05) is 11.6 Å². The summed E-state index contributed by atoms with van der Waals surface area (Å²) in [6, 6.07) is 2.87. The minimum absolute atomic E-state index is 0.265. The molecule has 0 fully saturated rings. The van der Waals surface area contributed by atoms with Crippen molar-refractivity contribution in [2.75, 3.05) is 5.32 Å². The number of rotatable bonds is 1. The number of hydrazine groups is 1. The lowest BCUT2D eigenvalue weighted by atomic mass is 9.96. The van der Waals surface area contributed by atoms with E-state index in [1.54, 1.807) is 39.1 Å². The van der Waals surface area contributed by atoms with Crippen molar-refractivity contribution in [3.8, 4) is 0 Å². The molecule has 0 atom stereocenters. The van der Waals surface area contributed by atoms with Crippen molar-refractivity contribution in [1.82, 2.24) is 15.8 Å². The molecule has 0 aliphatic heterocycles. The monoisotopic (exact) mass is 236 g/mol. The van der Waals surface area contributed by atoms with Crippen molar-refractivity contribution in [1.29, 1.82) is 0 Å². The van der Waals surface area contributed by atoms with Crippen LogP contribution in [0.5, 0.6) is 0 Å². The van der Waals surface area contributed by atoms with Gasteiger partial charge in [-0.1, -0.05) is 20.8 Å². The normalized spacial score (nSPS) is 10.5. The molecular weight excluding hydrogens is 220 g/mol. The topological polar surface area (TPSA) is 83.1 Å². The summed E-state index contributed by atoms with van der Waals surface area (Å²) in [4.78, 5) is 26.7. The Morgan fingerprint density at radius 3 is 2.47 bits per heavy atom. The van der Waals surface area contributed by atoms with Crippen LogP contribution < -0.4 is 16.2 Å². The van der Waals surface area contributed by atoms with Crippen molar-refractivity contribution < 1.29 is 9.59 Å². The number of carbonyl (C=O) groups is 2. The molecule has 3 N–H and O–H groups in total. The Balaban J connectivity index is 2.39. The molecule has 0 spiro atoms. The van der Waals surface area contributed by atoms with E-state index in [-0.39, 0.29) is 5.91 Å². The maximum Gasteiger partial charge on any atom is 0.337 e. The van der Waals surface area contributed by atoms with E-state index in [1.165, 1.54) is 6.20 Å². The highest BCUT2D eigenvalue weighted by Crippen LogP contribution is 2.11. The number of nitrogens with one attached hydrogen (secondary N) is 3. The fourth-order valence-electron chi connectivity index (χ4n) is 0.900. The molecule has 6 heteroatoms. The molecule has 0 radical (unpaired) electrons. The summed E-state index contributed by atoms with van der Waals surface area (Å²) < 4.78 is 0. The number of carbonyl (C=O) groups excluding carboxylic acids is 2. The van der Waals surface area contributed by atoms with Crippen LogP contribution in [0.1, 0.15) is 20.8 Å². The second kappa shape index (κ2) is 5.29. The lowest BCUT2D eigenvalue weighted by Crippen LogP contribution is -2.48. The zero-order chi connectivity index (χ0) is 12.9. The lowest BCUT2D eigenvalue weighted by Gasteiger charge is -2.17. The largest absolute Gasteiger partial charge is 0.337 e. The van der Waals surface area contributed by atoms with Crippen molar-refractivity contribution in [3.05, 3.63) is 24.5 Å². The molecule has 0 saturated carbocycles. The van der Waals surface area contributed by atoms with Crippen LogP contribution in [0.4, 0.5) is 10.5 Å². The van der Waals surface area contributed by atoms with Crippen LogP contribution in [0.2, 0.25) is 0 Å². The fourth-order valence-corrected chi connectivity index (χ4v) is 0.900. The molecule has 1 aromatic rings. The zero-order valence-corrected chi connectivity index (χ0v) is 10.1. The molecule has 1 rings (SSSR count). The van der Waals surface area contributed by atoms with Crippen LogP contribution >= 0.6 is 0 Å². The number of hydrogen-bond donors (Lipinski definition) is 3. The summed E-state index contributed by atoms with van der Waals surface area (Å²) in [6.07, 6.45) is 3.11. The second-order valence-electron chi connectivity index (χ2n) is 4.52. The first-order valence-electron chi connectivity index (χ1n) is 5.17. The Hall–Kier alpha value is -2.11. The van der Waals surface area contributed by atoms with E-state index in [4.69, 9.17) is 0 Å². The number of pyridine rings is 1. The predicted molar refractivity (Wildman–Crippen MR) is 64.0 cm³/mol. The molecule has 0 unspecified atom stereocenters. The Kier molecular flexibility index (Phi) is 4.03.